The van der Waals surface area contributed by atoms with Crippen LogP contribution in [0.15, 0.2) is 24.4 Å². The molecule has 0 aliphatic heterocycles. The number of hydrogen-bond donors (Lipinski definition) is 2. The van der Waals surface area contributed by atoms with Gasteiger partial charge in [0.15, 0.2) is 0 Å². The molecule has 80 valence electrons. The summed E-state index contributed by atoms with van der Waals surface area (Å²) in [7, 11) is 0. The lowest BCUT2D eigenvalue weighted by Crippen LogP contribution is -2.07. The van der Waals surface area contributed by atoms with Crippen LogP contribution in [0.4, 0.5) is 0 Å². The zero-order valence-electron chi connectivity index (χ0n) is 8.10. The molecule has 1 atom stereocenters. The van der Waals surface area contributed by atoms with E-state index in [0.717, 1.165) is 5.65 Å². The van der Waals surface area contributed by atoms with Crippen LogP contribution in [0.3, 0.4) is 0 Å². The number of nitrogens with two attached hydrogens (primary N) is 1. The molecule has 0 saturated heterocycles. The van der Waals surface area contributed by atoms with E-state index in [9.17, 15) is 5.11 Å². The van der Waals surface area contributed by atoms with Crippen LogP contribution in [-0.4, -0.2) is 21.0 Å². The van der Waals surface area contributed by atoms with Gasteiger partial charge in [0.05, 0.1) is 0 Å². The van der Waals surface area contributed by atoms with Crippen molar-refractivity contribution in [3.63, 3.8) is 0 Å². The molecule has 0 saturated carbocycles. The summed E-state index contributed by atoms with van der Waals surface area (Å²) in [5.41, 5.74) is 6.60. The smallest absolute Gasteiger partial charge is 0.139 e. The molecule has 0 fully saturated rings. The molecule has 2 aromatic heterocycles. The molecule has 0 spiro atoms. The van der Waals surface area contributed by atoms with Crippen LogP contribution >= 0.6 is 11.6 Å². The number of halogens is 1. The number of pyridine rings is 1. The van der Waals surface area contributed by atoms with Crippen molar-refractivity contribution in [2.45, 2.75) is 12.5 Å². The number of hydrogen-bond acceptors (Lipinski definition) is 3. The summed E-state index contributed by atoms with van der Waals surface area (Å²) in [4.78, 5) is 4.26. The molecular formula is C10H12ClN3O. The molecule has 0 radical (unpaired) electrons. The van der Waals surface area contributed by atoms with Gasteiger partial charge in [-0.25, -0.2) is 4.98 Å². The zero-order chi connectivity index (χ0) is 10.8. The van der Waals surface area contributed by atoms with Gasteiger partial charge in [-0.2, -0.15) is 0 Å². The van der Waals surface area contributed by atoms with Crippen LogP contribution in [0, 0.1) is 0 Å². The monoisotopic (exact) mass is 225 g/mol. The Morgan fingerprint density at radius 2 is 2.33 bits per heavy atom. The molecule has 0 aliphatic rings. The number of imidazole rings is 1. The van der Waals surface area contributed by atoms with Gasteiger partial charge >= 0.3 is 0 Å². The summed E-state index contributed by atoms with van der Waals surface area (Å²) in [5, 5.41) is 10.2. The van der Waals surface area contributed by atoms with E-state index in [2.05, 4.69) is 4.98 Å². The number of rotatable bonds is 3. The highest BCUT2D eigenvalue weighted by Gasteiger charge is 2.16. The Morgan fingerprint density at radius 3 is 3.00 bits per heavy atom. The van der Waals surface area contributed by atoms with E-state index in [4.69, 9.17) is 17.3 Å². The number of aliphatic hydroxyl groups is 1. The number of aliphatic hydroxyl groups excluding tert-OH is 1. The summed E-state index contributed by atoms with van der Waals surface area (Å²) in [6.07, 6.45) is 1.58. The van der Waals surface area contributed by atoms with Crippen molar-refractivity contribution in [3.8, 4) is 0 Å². The van der Waals surface area contributed by atoms with Gasteiger partial charge in [-0.3, -0.25) is 4.40 Å². The Hall–Kier alpha value is -1.10. The van der Waals surface area contributed by atoms with Crippen molar-refractivity contribution in [2.24, 2.45) is 5.73 Å². The van der Waals surface area contributed by atoms with E-state index in [1.165, 1.54) is 0 Å². The van der Waals surface area contributed by atoms with E-state index in [1.54, 1.807) is 4.40 Å². The zero-order valence-corrected chi connectivity index (χ0v) is 8.85. The summed E-state index contributed by atoms with van der Waals surface area (Å²) < 4.78 is 1.73. The Morgan fingerprint density at radius 1 is 1.53 bits per heavy atom. The lowest BCUT2D eigenvalue weighted by atomic mass is 10.2. The van der Waals surface area contributed by atoms with E-state index in [1.807, 2.05) is 24.4 Å². The quantitative estimate of drug-likeness (QED) is 0.829. The average Bonchev–Trinajstić information content (AvgIpc) is 2.57. The largest absolute Gasteiger partial charge is 0.387 e. The average molecular weight is 226 g/mol. The first kappa shape index (κ1) is 10.4. The summed E-state index contributed by atoms with van der Waals surface area (Å²) in [6.45, 7) is 0.408. The van der Waals surface area contributed by atoms with Gasteiger partial charge in [0.1, 0.15) is 22.6 Å². The normalized spacial score (nSPS) is 13.3. The molecule has 2 aromatic rings. The highest BCUT2D eigenvalue weighted by atomic mass is 35.5. The molecule has 1 unspecified atom stereocenters. The van der Waals surface area contributed by atoms with Gasteiger partial charge < -0.3 is 10.8 Å². The second kappa shape index (κ2) is 4.18. The Kier molecular flexibility index (Phi) is 2.90. The lowest BCUT2D eigenvalue weighted by molar-refractivity contribution is 0.166. The fourth-order valence-corrected chi connectivity index (χ4v) is 1.80. The molecule has 3 N–H and O–H groups in total. The number of aromatic nitrogens is 2. The first-order valence-electron chi connectivity index (χ1n) is 4.74. The first-order valence-corrected chi connectivity index (χ1v) is 5.12. The number of fused-ring (bicyclic) bond motifs is 1. The minimum absolute atomic E-state index is 0.408. The minimum atomic E-state index is -0.692. The molecule has 2 rings (SSSR count). The predicted molar refractivity (Wildman–Crippen MR) is 58.8 cm³/mol. The maximum atomic E-state index is 9.76. The highest BCUT2D eigenvalue weighted by Crippen LogP contribution is 2.25. The standard InChI is InChI=1S/C10H12ClN3O/c11-10-9(7(15)4-5-12)13-8-3-1-2-6-14(8)10/h1-3,6-7,15H,4-5,12H2. The first-order chi connectivity index (χ1) is 7.24. The molecule has 4 nitrogen and oxygen atoms in total. The van der Waals surface area contributed by atoms with Crippen LogP contribution in [0.25, 0.3) is 5.65 Å². The lowest BCUT2D eigenvalue weighted by Gasteiger charge is -2.05. The van der Waals surface area contributed by atoms with Gasteiger partial charge in [-0.1, -0.05) is 17.7 Å². The van der Waals surface area contributed by atoms with Crippen LogP contribution in [0.2, 0.25) is 5.15 Å². The van der Waals surface area contributed by atoms with Crippen LogP contribution in [0.5, 0.6) is 0 Å². The third kappa shape index (κ3) is 1.84. The SMILES string of the molecule is NCCC(O)c1nc2ccccn2c1Cl. The molecule has 0 aromatic carbocycles. The van der Waals surface area contributed by atoms with Crippen molar-refractivity contribution >= 4 is 17.2 Å². The number of nitrogens with zero attached hydrogens (tertiary/aromatic N) is 2. The van der Waals surface area contributed by atoms with Gasteiger partial charge in [0.2, 0.25) is 0 Å². The fraction of sp³-hybridized carbons (Fsp3) is 0.300. The second-order valence-corrected chi connectivity index (χ2v) is 3.67. The van der Waals surface area contributed by atoms with Crippen molar-refractivity contribution in [1.82, 2.24) is 9.38 Å². The summed E-state index contributed by atoms with van der Waals surface area (Å²) in [5.74, 6) is 0. The van der Waals surface area contributed by atoms with Crippen LogP contribution in [0.1, 0.15) is 18.2 Å². The molecular weight excluding hydrogens is 214 g/mol. The van der Waals surface area contributed by atoms with Crippen molar-refractivity contribution in [1.29, 1.82) is 0 Å². The van der Waals surface area contributed by atoms with Crippen molar-refractivity contribution in [2.75, 3.05) is 6.54 Å². The Bertz CT molecular complexity index is 469. The summed E-state index contributed by atoms with van der Waals surface area (Å²) in [6, 6.07) is 5.57. The fourth-order valence-electron chi connectivity index (χ4n) is 1.49. The third-order valence-corrected chi connectivity index (χ3v) is 2.63. The molecule has 0 bridgehead atoms. The van der Waals surface area contributed by atoms with E-state index >= 15 is 0 Å². The molecule has 2 heterocycles. The Labute approximate surface area is 92.3 Å². The molecule has 5 heteroatoms. The third-order valence-electron chi connectivity index (χ3n) is 2.25. The highest BCUT2D eigenvalue weighted by molar-refractivity contribution is 6.30. The van der Waals surface area contributed by atoms with Gasteiger partial charge in [-0.05, 0) is 25.1 Å². The topological polar surface area (TPSA) is 63.5 Å². The van der Waals surface area contributed by atoms with Gasteiger partial charge in [-0.15, -0.1) is 0 Å². The Balaban J connectivity index is 2.48. The van der Waals surface area contributed by atoms with E-state index in [-0.39, 0.29) is 0 Å². The van der Waals surface area contributed by atoms with Crippen molar-refractivity contribution < 1.29 is 5.11 Å². The molecule has 15 heavy (non-hydrogen) atoms. The van der Waals surface area contributed by atoms with E-state index < -0.39 is 6.10 Å². The minimum Gasteiger partial charge on any atom is -0.387 e. The van der Waals surface area contributed by atoms with Crippen LogP contribution < -0.4 is 5.73 Å². The van der Waals surface area contributed by atoms with Gasteiger partial charge in [0.25, 0.3) is 0 Å². The van der Waals surface area contributed by atoms with Crippen molar-refractivity contribution in [3.05, 3.63) is 35.2 Å². The second-order valence-electron chi connectivity index (χ2n) is 3.31. The predicted octanol–water partition coefficient (Wildman–Crippen LogP) is 1.37. The maximum absolute atomic E-state index is 9.76. The maximum Gasteiger partial charge on any atom is 0.139 e. The summed E-state index contributed by atoms with van der Waals surface area (Å²) >= 11 is 6.09. The van der Waals surface area contributed by atoms with Crippen LogP contribution in [-0.2, 0) is 0 Å². The van der Waals surface area contributed by atoms with Gasteiger partial charge in [0, 0.05) is 6.20 Å². The molecule has 0 aliphatic carbocycles. The molecule has 0 amide bonds. The van der Waals surface area contributed by atoms with E-state index in [0.29, 0.717) is 23.8 Å².